The number of hydrogen-bond acceptors (Lipinski definition) is 4. The summed E-state index contributed by atoms with van der Waals surface area (Å²) in [7, 11) is 0. The van der Waals surface area contributed by atoms with Gasteiger partial charge in [0, 0.05) is 9.92 Å². The molecule has 2 aromatic carbocycles. The molecule has 24 heavy (non-hydrogen) atoms. The van der Waals surface area contributed by atoms with E-state index in [1.165, 1.54) is 11.8 Å². The first-order valence-electron chi connectivity index (χ1n) is 7.60. The number of hydrazone groups is 1. The quantitative estimate of drug-likeness (QED) is 0.431. The summed E-state index contributed by atoms with van der Waals surface area (Å²) in [6.45, 7) is 2.77. The fraction of sp³-hybridized carbons (Fsp3) is 0.222. The summed E-state index contributed by atoms with van der Waals surface area (Å²) >= 11 is 7.25. The molecule has 0 radical (unpaired) electrons. The fourth-order valence-electron chi connectivity index (χ4n) is 1.76. The fourth-order valence-corrected chi connectivity index (χ4v) is 2.58. The summed E-state index contributed by atoms with van der Waals surface area (Å²) in [5.74, 6) is 0.967. The highest BCUT2D eigenvalue weighted by Gasteiger charge is 2.01. The molecule has 0 aliphatic carbocycles. The van der Waals surface area contributed by atoms with E-state index in [-0.39, 0.29) is 5.91 Å². The van der Waals surface area contributed by atoms with Gasteiger partial charge in [-0.3, -0.25) is 4.79 Å². The van der Waals surface area contributed by atoms with Crippen molar-refractivity contribution in [3.05, 3.63) is 59.1 Å². The van der Waals surface area contributed by atoms with Crippen LogP contribution in [0.3, 0.4) is 0 Å². The number of benzene rings is 2. The molecule has 0 heterocycles. The molecule has 4 nitrogen and oxygen atoms in total. The van der Waals surface area contributed by atoms with Crippen molar-refractivity contribution in [2.24, 2.45) is 5.10 Å². The first-order chi connectivity index (χ1) is 11.7. The van der Waals surface area contributed by atoms with Crippen LogP contribution in [0.1, 0.15) is 18.9 Å². The average molecular weight is 363 g/mol. The molecule has 6 heteroatoms. The van der Waals surface area contributed by atoms with Gasteiger partial charge in [-0.25, -0.2) is 5.43 Å². The van der Waals surface area contributed by atoms with Crippen molar-refractivity contribution in [2.75, 3.05) is 12.4 Å². The summed E-state index contributed by atoms with van der Waals surface area (Å²) in [6.07, 6.45) is 2.58. The Balaban J connectivity index is 1.74. The van der Waals surface area contributed by atoms with Gasteiger partial charge >= 0.3 is 0 Å². The zero-order valence-electron chi connectivity index (χ0n) is 13.4. The van der Waals surface area contributed by atoms with E-state index in [0.29, 0.717) is 17.4 Å². The van der Waals surface area contributed by atoms with Gasteiger partial charge in [0.2, 0.25) is 5.91 Å². The minimum Gasteiger partial charge on any atom is -0.494 e. The zero-order valence-corrected chi connectivity index (χ0v) is 14.9. The molecule has 1 amide bonds. The van der Waals surface area contributed by atoms with Crippen molar-refractivity contribution in [2.45, 2.75) is 18.2 Å². The van der Waals surface area contributed by atoms with E-state index in [1.54, 1.807) is 18.3 Å². The van der Waals surface area contributed by atoms with E-state index < -0.39 is 0 Å². The lowest BCUT2D eigenvalue weighted by molar-refractivity contribution is -0.118. The van der Waals surface area contributed by atoms with Crippen LogP contribution in [0, 0.1) is 0 Å². The van der Waals surface area contributed by atoms with Crippen molar-refractivity contribution >= 4 is 35.5 Å². The molecule has 0 unspecified atom stereocenters. The third-order valence-electron chi connectivity index (χ3n) is 2.94. The number of carbonyl (C=O) groups excluding carboxylic acids is 1. The Labute approximate surface area is 151 Å². The predicted molar refractivity (Wildman–Crippen MR) is 100 cm³/mol. The van der Waals surface area contributed by atoms with Crippen LogP contribution < -0.4 is 10.2 Å². The second kappa shape index (κ2) is 10.0. The maximum atomic E-state index is 11.8. The normalized spacial score (nSPS) is 10.8. The lowest BCUT2D eigenvalue weighted by Crippen LogP contribution is -2.19. The van der Waals surface area contributed by atoms with Gasteiger partial charge in [-0.2, -0.15) is 5.10 Å². The van der Waals surface area contributed by atoms with E-state index in [2.05, 4.69) is 17.5 Å². The van der Waals surface area contributed by atoms with Crippen LogP contribution in [0.15, 0.2) is 58.5 Å². The van der Waals surface area contributed by atoms with Crippen LogP contribution in [0.5, 0.6) is 5.75 Å². The van der Waals surface area contributed by atoms with Crippen molar-refractivity contribution in [1.29, 1.82) is 0 Å². The minimum atomic E-state index is -0.158. The maximum absolute atomic E-state index is 11.8. The lowest BCUT2D eigenvalue weighted by atomic mass is 10.2. The topological polar surface area (TPSA) is 50.7 Å². The molecule has 0 saturated heterocycles. The number of thioether (sulfide) groups is 1. The Bertz CT molecular complexity index is 672. The van der Waals surface area contributed by atoms with Crippen molar-refractivity contribution in [1.82, 2.24) is 5.43 Å². The van der Waals surface area contributed by atoms with Crippen LogP contribution >= 0.6 is 23.4 Å². The van der Waals surface area contributed by atoms with Crippen molar-refractivity contribution in [3.63, 3.8) is 0 Å². The molecule has 0 aliphatic rings. The smallest absolute Gasteiger partial charge is 0.250 e. The molecule has 126 valence electrons. The van der Waals surface area contributed by atoms with Gasteiger partial charge in [0.1, 0.15) is 5.75 Å². The van der Waals surface area contributed by atoms with Crippen LogP contribution in [0.4, 0.5) is 0 Å². The number of halogens is 1. The molecule has 0 aromatic heterocycles. The number of rotatable bonds is 8. The van der Waals surface area contributed by atoms with Gasteiger partial charge in [0.25, 0.3) is 0 Å². The second-order valence-electron chi connectivity index (χ2n) is 4.95. The molecule has 2 rings (SSSR count). The van der Waals surface area contributed by atoms with E-state index in [1.807, 2.05) is 36.4 Å². The Kier molecular flexibility index (Phi) is 7.65. The summed E-state index contributed by atoms with van der Waals surface area (Å²) in [5, 5.41) is 4.64. The number of carbonyl (C=O) groups is 1. The summed E-state index contributed by atoms with van der Waals surface area (Å²) in [5.41, 5.74) is 3.41. The van der Waals surface area contributed by atoms with Crippen LogP contribution in [0.25, 0.3) is 0 Å². The van der Waals surface area contributed by atoms with Crippen molar-refractivity contribution < 1.29 is 9.53 Å². The summed E-state index contributed by atoms with van der Waals surface area (Å²) in [6, 6.07) is 14.9. The Morgan fingerprint density at radius 3 is 2.58 bits per heavy atom. The van der Waals surface area contributed by atoms with Gasteiger partial charge in [-0.1, -0.05) is 18.5 Å². The summed E-state index contributed by atoms with van der Waals surface area (Å²) in [4.78, 5) is 12.7. The third kappa shape index (κ3) is 6.64. The first kappa shape index (κ1) is 18.4. The highest BCUT2D eigenvalue weighted by molar-refractivity contribution is 8.00. The molecular formula is C18H19ClN2O2S. The van der Waals surface area contributed by atoms with Gasteiger partial charge < -0.3 is 4.74 Å². The second-order valence-corrected chi connectivity index (χ2v) is 6.44. The molecule has 1 N–H and O–H groups in total. The highest BCUT2D eigenvalue weighted by Crippen LogP contribution is 2.19. The molecule has 0 fully saturated rings. The Morgan fingerprint density at radius 2 is 1.92 bits per heavy atom. The Hall–Kier alpha value is -1.98. The number of ether oxygens (including phenoxy) is 1. The Morgan fingerprint density at radius 1 is 1.21 bits per heavy atom. The molecule has 0 spiro atoms. The number of nitrogens with one attached hydrogen (secondary N) is 1. The van der Waals surface area contributed by atoms with Gasteiger partial charge in [-0.05, 0) is 60.5 Å². The first-order valence-corrected chi connectivity index (χ1v) is 8.97. The van der Waals surface area contributed by atoms with E-state index in [0.717, 1.165) is 22.6 Å². The highest BCUT2D eigenvalue weighted by atomic mass is 35.5. The van der Waals surface area contributed by atoms with Gasteiger partial charge in [0.15, 0.2) is 0 Å². The largest absolute Gasteiger partial charge is 0.494 e. The summed E-state index contributed by atoms with van der Waals surface area (Å²) < 4.78 is 5.51. The monoisotopic (exact) mass is 362 g/mol. The maximum Gasteiger partial charge on any atom is 0.250 e. The lowest BCUT2D eigenvalue weighted by Gasteiger charge is -2.04. The van der Waals surface area contributed by atoms with Gasteiger partial charge in [-0.15, -0.1) is 11.8 Å². The van der Waals surface area contributed by atoms with E-state index in [4.69, 9.17) is 16.3 Å². The average Bonchev–Trinajstić information content (AvgIpc) is 2.60. The molecule has 0 aliphatic heterocycles. The van der Waals surface area contributed by atoms with Crippen LogP contribution in [0.2, 0.25) is 5.02 Å². The molecule has 0 bridgehead atoms. The molecule has 0 saturated carbocycles. The third-order valence-corrected chi connectivity index (χ3v) is 4.20. The van der Waals surface area contributed by atoms with Crippen LogP contribution in [-0.4, -0.2) is 24.5 Å². The van der Waals surface area contributed by atoms with Crippen molar-refractivity contribution in [3.8, 4) is 5.75 Å². The van der Waals surface area contributed by atoms with E-state index >= 15 is 0 Å². The molecular weight excluding hydrogens is 344 g/mol. The SMILES string of the molecule is CCCOc1ccc(/C=N\NC(=O)CSc2ccc(Cl)cc2)cc1. The van der Waals surface area contributed by atoms with Gasteiger partial charge in [0.05, 0.1) is 18.6 Å². The van der Waals surface area contributed by atoms with E-state index in [9.17, 15) is 4.79 Å². The number of amides is 1. The predicted octanol–water partition coefficient (Wildman–Crippen LogP) is 4.37. The number of hydrogen-bond donors (Lipinski definition) is 1. The molecule has 0 atom stereocenters. The standard InChI is InChI=1S/C18H19ClN2O2S/c1-2-11-23-16-7-3-14(4-8-16)12-20-21-18(22)13-24-17-9-5-15(19)6-10-17/h3-10,12H,2,11,13H2,1H3,(H,21,22)/b20-12-. The minimum absolute atomic E-state index is 0.158. The molecule has 2 aromatic rings. The zero-order chi connectivity index (χ0) is 17.2. The number of nitrogens with zero attached hydrogens (tertiary/aromatic N) is 1. The van der Waals surface area contributed by atoms with Crippen LogP contribution in [-0.2, 0) is 4.79 Å².